The van der Waals surface area contributed by atoms with Gasteiger partial charge >= 0.3 is 0 Å². The second-order valence-electron chi connectivity index (χ2n) is 6.16. The Balaban J connectivity index is 1.56. The molecule has 2 N–H and O–H groups in total. The molecule has 10 heteroatoms. The van der Waals surface area contributed by atoms with Crippen LogP contribution >= 0.6 is 23.2 Å². The number of pyridine rings is 1. The number of nitrogens with one attached hydrogen (secondary N) is 1. The highest BCUT2D eigenvalue weighted by Gasteiger charge is 2.15. The van der Waals surface area contributed by atoms with E-state index in [1.807, 2.05) is 0 Å². The fraction of sp³-hybridized carbons (Fsp3) is 0. The highest BCUT2D eigenvalue weighted by Crippen LogP contribution is 2.32. The molecule has 0 unspecified atom stereocenters. The molecule has 4 rings (SSSR count). The molecule has 0 atom stereocenters. The summed E-state index contributed by atoms with van der Waals surface area (Å²) in [6.45, 7) is 0. The molecule has 7 nitrogen and oxygen atoms in total. The fourth-order valence-corrected chi connectivity index (χ4v) is 3.29. The normalized spacial score (nSPS) is 10.8. The van der Waals surface area contributed by atoms with Crippen molar-refractivity contribution in [2.75, 3.05) is 5.32 Å². The van der Waals surface area contributed by atoms with E-state index in [0.717, 1.165) is 6.07 Å². The van der Waals surface area contributed by atoms with Gasteiger partial charge < -0.3 is 10.4 Å². The van der Waals surface area contributed by atoms with Crippen LogP contribution in [0.4, 0.5) is 10.1 Å². The van der Waals surface area contributed by atoms with Gasteiger partial charge in [0.25, 0.3) is 5.91 Å². The van der Waals surface area contributed by atoms with E-state index in [0.29, 0.717) is 22.6 Å². The van der Waals surface area contributed by atoms with Crippen LogP contribution in [0.1, 0.15) is 10.4 Å². The summed E-state index contributed by atoms with van der Waals surface area (Å²) < 4.78 is 13.2. The molecule has 0 radical (unpaired) electrons. The number of rotatable bonds is 4. The Labute approximate surface area is 179 Å². The molecule has 0 saturated carbocycles. The highest BCUT2D eigenvalue weighted by molar-refractivity contribution is 6.35. The SMILES string of the molecule is O=C(Nc1cnc(-n2nccn2)c(Cl)c1)c1ccc(-c2ccc(F)cc2O)cc1Cl. The maximum atomic E-state index is 13.2. The van der Waals surface area contributed by atoms with Gasteiger partial charge in [0.05, 0.1) is 39.9 Å². The quantitative estimate of drug-likeness (QED) is 0.475. The third-order valence-electron chi connectivity index (χ3n) is 4.17. The number of amides is 1. The molecule has 1 amide bonds. The minimum Gasteiger partial charge on any atom is -0.507 e. The molecule has 30 heavy (non-hydrogen) atoms. The van der Waals surface area contributed by atoms with Gasteiger partial charge in [0, 0.05) is 11.6 Å². The van der Waals surface area contributed by atoms with E-state index >= 15 is 0 Å². The number of aromatic nitrogens is 4. The van der Waals surface area contributed by atoms with Gasteiger partial charge in [-0.05, 0) is 35.9 Å². The fourth-order valence-electron chi connectivity index (χ4n) is 2.79. The van der Waals surface area contributed by atoms with Crippen molar-refractivity contribution in [3.8, 4) is 22.7 Å². The molecule has 0 spiro atoms. The number of anilines is 1. The van der Waals surface area contributed by atoms with Crippen LogP contribution in [0, 0.1) is 5.82 Å². The predicted octanol–water partition coefficient (Wildman–Crippen LogP) is 4.73. The molecular formula is C20H12Cl2FN5O2. The van der Waals surface area contributed by atoms with Gasteiger partial charge in [-0.3, -0.25) is 4.79 Å². The average Bonchev–Trinajstić information content (AvgIpc) is 3.22. The molecule has 0 aliphatic rings. The summed E-state index contributed by atoms with van der Waals surface area (Å²) in [5.74, 6) is -0.936. The zero-order valence-corrected chi connectivity index (χ0v) is 16.6. The van der Waals surface area contributed by atoms with Crippen LogP contribution in [-0.2, 0) is 0 Å². The van der Waals surface area contributed by atoms with Crippen LogP contribution in [0.2, 0.25) is 10.0 Å². The van der Waals surface area contributed by atoms with Gasteiger partial charge in [-0.25, -0.2) is 9.37 Å². The Bertz CT molecular complexity index is 1250. The lowest BCUT2D eigenvalue weighted by atomic mass is 10.0. The Morgan fingerprint density at radius 2 is 1.80 bits per heavy atom. The van der Waals surface area contributed by atoms with Crippen LogP contribution < -0.4 is 5.32 Å². The molecule has 4 aromatic rings. The number of halogens is 3. The van der Waals surface area contributed by atoms with E-state index in [-0.39, 0.29) is 21.4 Å². The first-order valence-electron chi connectivity index (χ1n) is 8.54. The standard InChI is InChI=1S/C20H12Cl2FN5O2/c21-16-7-11(14-4-2-12(23)8-18(14)29)1-3-15(16)20(30)27-13-9-17(22)19(24-10-13)28-25-5-6-26-28/h1-10,29H,(H,27,30). The van der Waals surface area contributed by atoms with Gasteiger partial charge in [0.15, 0.2) is 5.82 Å². The summed E-state index contributed by atoms with van der Waals surface area (Å²) in [7, 11) is 0. The molecule has 0 saturated heterocycles. The lowest BCUT2D eigenvalue weighted by Gasteiger charge is -2.10. The van der Waals surface area contributed by atoms with Crippen molar-refractivity contribution in [3.05, 3.63) is 82.5 Å². The van der Waals surface area contributed by atoms with Crippen LogP contribution in [0.25, 0.3) is 16.9 Å². The van der Waals surface area contributed by atoms with E-state index in [1.165, 1.54) is 53.7 Å². The summed E-state index contributed by atoms with van der Waals surface area (Å²) in [6.07, 6.45) is 4.40. The zero-order valence-electron chi connectivity index (χ0n) is 15.1. The summed E-state index contributed by atoms with van der Waals surface area (Å²) >= 11 is 12.5. The number of aromatic hydroxyl groups is 1. The van der Waals surface area contributed by atoms with Gasteiger partial charge in [-0.1, -0.05) is 29.3 Å². The van der Waals surface area contributed by atoms with E-state index in [2.05, 4.69) is 20.5 Å². The van der Waals surface area contributed by atoms with Crippen molar-refractivity contribution < 1.29 is 14.3 Å². The first-order valence-corrected chi connectivity index (χ1v) is 9.30. The van der Waals surface area contributed by atoms with E-state index < -0.39 is 11.7 Å². The lowest BCUT2D eigenvalue weighted by Crippen LogP contribution is -2.13. The van der Waals surface area contributed by atoms with Crippen LogP contribution in [-0.4, -0.2) is 31.0 Å². The Hall–Kier alpha value is -3.49. The second kappa shape index (κ2) is 8.10. The van der Waals surface area contributed by atoms with Crippen LogP contribution in [0.3, 0.4) is 0 Å². The molecule has 0 fully saturated rings. The Morgan fingerprint density at radius 1 is 1.03 bits per heavy atom. The number of hydrogen-bond acceptors (Lipinski definition) is 5. The molecule has 2 aromatic heterocycles. The summed E-state index contributed by atoms with van der Waals surface area (Å²) in [5.41, 5.74) is 1.49. The third kappa shape index (κ3) is 3.96. The average molecular weight is 444 g/mol. The van der Waals surface area contributed by atoms with Crippen molar-refractivity contribution in [1.29, 1.82) is 0 Å². The second-order valence-corrected chi connectivity index (χ2v) is 6.97. The van der Waals surface area contributed by atoms with Crippen molar-refractivity contribution in [3.63, 3.8) is 0 Å². The number of phenolic OH excluding ortho intramolecular Hbond substituents is 1. The lowest BCUT2D eigenvalue weighted by molar-refractivity contribution is 0.102. The summed E-state index contributed by atoms with van der Waals surface area (Å²) in [5, 5.41) is 20.9. The molecule has 0 aliphatic heterocycles. The van der Waals surface area contributed by atoms with Gasteiger partial charge in [0.2, 0.25) is 0 Å². The topological polar surface area (TPSA) is 92.9 Å². The van der Waals surface area contributed by atoms with E-state index in [4.69, 9.17) is 23.2 Å². The van der Waals surface area contributed by atoms with Crippen molar-refractivity contribution in [1.82, 2.24) is 20.0 Å². The number of benzene rings is 2. The molecule has 2 heterocycles. The molecule has 150 valence electrons. The summed E-state index contributed by atoms with van der Waals surface area (Å²) in [4.78, 5) is 18.0. The van der Waals surface area contributed by atoms with Gasteiger partial charge in [-0.2, -0.15) is 10.2 Å². The number of carbonyl (C=O) groups is 1. The van der Waals surface area contributed by atoms with E-state index in [9.17, 15) is 14.3 Å². The third-order valence-corrected chi connectivity index (χ3v) is 4.76. The predicted molar refractivity (Wildman–Crippen MR) is 111 cm³/mol. The van der Waals surface area contributed by atoms with Crippen LogP contribution in [0.15, 0.2) is 61.1 Å². The first-order chi connectivity index (χ1) is 14.4. The molecule has 0 aliphatic carbocycles. The largest absolute Gasteiger partial charge is 0.507 e. The van der Waals surface area contributed by atoms with Crippen LogP contribution in [0.5, 0.6) is 5.75 Å². The highest BCUT2D eigenvalue weighted by atomic mass is 35.5. The summed E-state index contributed by atoms with van der Waals surface area (Å²) in [6, 6.07) is 9.80. The van der Waals surface area contributed by atoms with Crippen molar-refractivity contribution in [2.45, 2.75) is 0 Å². The molecular weight excluding hydrogens is 432 g/mol. The van der Waals surface area contributed by atoms with Crippen molar-refractivity contribution in [2.24, 2.45) is 0 Å². The Kier molecular flexibility index (Phi) is 5.35. The Morgan fingerprint density at radius 3 is 2.47 bits per heavy atom. The van der Waals surface area contributed by atoms with E-state index in [1.54, 1.807) is 6.07 Å². The number of carbonyl (C=O) groups excluding carboxylic acids is 1. The van der Waals surface area contributed by atoms with Crippen molar-refractivity contribution >= 4 is 34.8 Å². The number of phenols is 1. The minimum absolute atomic E-state index is 0.158. The minimum atomic E-state index is -0.556. The molecule has 0 bridgehead atoms. The maximum Gasteiger partial charge on any atom is 0.257 e. The number of nitrogens with zero attached hydrogens (tertiary/aromatic N) is 4. The van der Waals surface area contributed by atoms with Gasteiger partial charge in [-0.15, -0.1) is 4.80 Å². The smallest absolute Gasteiger partial charge is 0.257 e. The molecule has 2 aromatic carbocycles. The zero-order chi connectivity index (χ0) is 21.3. The number of hydrogen-bond donors (Lipinski definition) is 2. The monoisotopic (exact) mass is 443 g/mol. The van der Waals surface area contributed by atoms with Gasteiger partial charge in [0.1, 0.15) is 11.6 Å². The first kappa shape index (κ1) is 19.8. The maximum absolute atomic E-state index is 13.2.